The molecule has 2 aliphatic rings. The molecule has 2 fully saturated rings. The zero-order valence-corrected chi connectivity index (χ0v) is 20.6. The number of carbonyl (C=O) groups excluding carboxylic acids is 2. The van der Waals surface area contributed by atoms with Crippen LogP contribution in [0.1, 0.15) is 41.8 Å². The average molecular weight is 512 g/mol. The number of halogens is 1. The number of nitrogens with zero attached hydrogens (tertiary/aromatic N) is 4. The minimum absolute atomic E-state index is 0.0307. The second-order valence-corrected chi connectivity index (χ2v) is 9.60. The lowest BCUT2D eigenvalue weighted by Gasteiger charge is -2.14. The minimum Gasteiger partial charge on any atom is -0.351 e. The molecular weight excluding hydrogens is 485 g/mol. The first-order valence-corrected chi connectivity index (χ1v) is 12.6. The van der Waals surface area contributed by atoms with Crippen molar-refractivity contribution in [1.82, 2.24) is 24.9 Å². The number of hydrogen-bond donors (Lipinski definition) is 3. The van der Waals surface area contributed by atoms with Crippen molar-refractivity contribution in [2.45, 2.75) is 44.7 Å². The maximum absolute atomic E-state index is 14.1. The van der Waals surface area contributed by atoms with E-state index in [1.165, 1.54) is 12.1 Å². The fraction of sp³-hybridized carbons (Fsp3) is 0.250. The van der Waals surface area contributed by atoms with E-state index in [0.717, 1.165) is 35.1 Å². The predicted octanol–water partition coefficient (Wildman–Crippen LogP) is 3.18. The molecule has 192 valence electrons. The predicted molar refractivity (Wildman–Crippen MR) is 140 cm³/mol. The van der Waals surface area contributed by atoms with E-state index in [2.05, 4.69) is 15.7 Å². The third-order valence-corrected chi connectivity index (χ3v) is 6.79. The molecule has 3 heterocycles. The molecule has 2 amide bonds. The third-order valence-electron chi connectivity index (χ3n) is 6.79. The van der Waals surface area contributed by atoms with Crippen LogP contribution in [0.15, 0.2) is 54.2 Å². The SMILES string of the molecule is NCc1ccc(F)cc1-c1ccccc1CCc1nc(NC2CC2)n2ncc(/C=C3\CC(=O)NC3=O)c2n1. The number of anilines is 1. The van der Waals surface area contributed by atoms with Crippen LogP contribution in [0.3, 0.4) is 0 Å². The Labute approximate surface area is 218 Å². The van der Waals surface area contributed by atoms with E-state index < -0.39 is 5.91 Å². The highest BCUT2D eigenvalue weighted by atomic mass is 19.1. The van der Waals surface area contributed by atoms with Gasteiger partial charge in [0.1, 0.15) is 11.6 Å². The van der Waals surface area contributed by atoms with Crippen LogP contribution >= 0.6 is 0 Å². The summed E-state index contributed by atoms with van der Waals surface area (Å²) in [6, 6.07) is 12.9. The fourth-order valence-electron chi connectivity index (χ4n) is 4.69. The number of aromatic nitrogens is 4. The molecule has 4 aromatic rings. The van der Waals surface area contributed by atoms with Crippen molar-refractivity contribution in [2.75, 3.05) is 5.32 Å². The summed E-state index contributed by atoms with van der Waals surface area (Å²) in [5, 5.41) is 10.2. The summed E-state index contributed by atoms with van der Waals surface area (Å²) >= 11 is 0. The Morgan fingerprint density at radius 2 is 1.92 bits per heavy atom. The molecule has 1 saturated carbocycles. The van der Waals surface area contributed by atoms with Crippen molar-refractivity contribution < 1.29 is 14.0 Å². The summed E-state index contributed by atoms with van der Waals surface area (Å²) in [6.07, 6.45) is 6.59. The second-order valence-electron chi connectivity index (χ2n) is 9.60. The Morgan fingerprint density at radius 3 is 2.68 bits per heavy atom. The fourth-order valence-corrected chi connectivity index (χ4v) is 4.69. The van der Waals surface area contributed by atoms with Crippen LogP contribution in [-0.2, 0) is 29.0 Å². The van der Waals surface area contributed by atoms with Crippen LogP contribution in [0.5, 0.6) is 0 Å². The molecule has 1 aliphatic heterocycles. The first-order chi connectivity index (χ1) is 18.5. The largest absolute Gasteiger partial charge is 0.351 e. The van der Waals surface area contributed by atoms with E-state index in [1.54, 1.807) is 22.9 Å². The summed E-state index contributed by atoms with van der Waals surface area (Å²) in [7, 11) is 0. The van der Waals surface area contributed by atoms with Gasteiger partial charge in [0, 0.05) is 30.1 Å². The lowest BCUT2D eigenvalue weighted by atomic mass is 9.93. The zero-order chi connectivity index (χ0) is 26.2. The average Bonchev–Trinajstić information content (AvgIpc) is 3.55. The van der Waals surface area contributed by atoms with Gasteiger partial charge in [-0.1, -0.05) is 30.3 Å². The number of fused-ring (bicyclic) bond motifs is 1. The maximum atomic E-state index is 14.1. The number of benzene rings is 2. The Balaban J connectivity index is 1.35. The van der Waals surface area contributed by atoms with Crippen LogP contribution in [-0.4, -0.2) is 37.4 Å². The maximum Gasteiger partial charge on any atom is 0.254 e. The number of nitrogens with one attached hydrogen (secondary N) is 2. The molecule has 1 aliphatic carbocycles. The monoisotopic (exact) mass is 511 g/mol. The molecule has 0 spiro atoms. The van der Waals surface area contributed by atoms with Gasteiger partial charge in [-0.15, -0.1) is 0 Å². The standard InChI is InChI=1S/C28H26FN7O2/c29-20-7-5-17(14-30)23(13-20)22-4-2-1-3-16(22)6-10-24-33-26-19(11-18-12-25(37)35-27(18)38)15-31-36(26)28(34-24)32-21-8-9-21/h1-5,7,11,13,15,21H,6,8-10,12,14,30H2,(H,32,33,34)(H,35,37,38)/b18-11+. The van der Waals surface area contributed by atoms with Gasteiger partial charge >= 0.3 is 0 Å². The van der Waals surface area contributed by atoms with Gasteiger partial charge in [0.2, 0.25) is 11.9 Å². The molecule has 2 aromatic heterocycles. The Morgan fingerprint density at radius 1 is 1.08 bits per heavy atom. The van der Waals surface area contributed by atoms with E-state index in [9.17, 15) is 14.0 Å². The Hall–Kier alpha value is -4.44. The van der Waals surface area contributed by atoms with Gasteiger partial charge in [-0.05, 0) is 59.7 Å². The van der Waals surface area contributed by atoms with Crippen LogP contribution in [0, 0.1) is 5.82 Å². The van der Waals surface area contributed by atoms with Gasteiger partial charge in [-0.2, -0.15) is 14.6 Å². The number of carbonyl (C=O) groups is 2. The normalized spacial score (nSPS) is 16.4. The third kappa shape index (κ3) is 4.78. The van der Waals surface area contributed by atoms with Crippen LogP contribution in [0.25, 0.3) is 22.9 Å². The van der Waals surface area contributed by atoms with Crippen molar-refractivity contribution >= 4 is 29.5 Å². The van der Waals surface area contributed by atoms with Crippen LogP contribution in [0.4, 0.5) is 10.3 Å². The summed E-state index contributed by atoms with van der Waals surface area (Å²) in [4.78, 5) is 33.3. The minimum atomic E-state index is -0.397. The van der Waals surface area contributed by atoms with Crippen LogP contribution in [0.2, 0.25) is 0 Å². The van der Waals surface area contributed by atoms with Gasteiger partial charge in [-0.3, -0.25) is 14.9 Å². The quantitative estimate of drug-likeness (QED) is 0.245. The number of imide groups is 1. The van der Waals surface area contributed by atoms with E-state index in [4.69, 9.17) is 15.7 Å². The van der Waals surface area contributed by atoms with Crippen molar-refractivity contribution in [3.63, 3.8) is 0 Å². The highest BCUT2D eigenvalue weighted by Crippen LogP contribution is 2.30. The molecule has 0 bridgehead atoms. The van der Waals surface area contributed by atoms with Crippen molar-refractivity contribution in [3.8, 4) is 11.1 Å². The molecule has 9 nitrogen and oxygen atoms in total. The van der Waals surface area contributed by atoms with Gasteiger partial charge in [0.15, 0.2) is 5.65 Å². The Kier molecular flexibility index (Phi) is 6.16. The van der Waals surface area contributed by atoms with Crippen molar-refractivity contribution in [3.05, 3.63) is 82.6 Å². The summed E-state index contributed by atoms with van der Waals surface area (Å²) in [6.45, 7) is 0.309. The van der Waals surface area contributed by atoms with Gasteiger partial charge in [-0.25, -0.2) is 9.37 Å². The second kappa shape index (κ2) is 9.79. The Bertz CT molecular complexity index is 1610. The first kappa shape index (κ1) is 23.9. The lowest BCUT2D eigenvalue weighted by molar-refractivity contribution is -0.124. The molecule has 1 saturated heterocycles. The number of nitrogens with two attached hydrogens (primary N) is 1. The van der Waals surface area contributed by atoms with E-state index >= 15 is 0 Å². The molecule has 10 heteroatoms. The summed E-state index contributed by atoms with van der Waals surface area (Å²) in [5.74, 6) is 0.176. The summed E-state index contributed by atoms with van der Waals surface area (Å²) < 4.78 is 15.8. The highest BCUT2D eigenvalue weighted by Gasteiger charge is 2.26. The smallest absolute Gasteiger partial charge is 0.254 e. The molecule has 0 unspecified atom stereocenters. The highest BCUT2D eigenvalue weighted by molar-refractivity contribution is 6.15. The number of rotatable bonds is 8. The van der Waals surface area contributed by atoms with Gasteiger partial charge < -0.3 is 11.1 Å². The molecule has 2 aromatic carbocycles. The topological polar surface area (TPSA) is 127 Å². The molecule has 0 radical (unpaired) electrons. The molecule has 4 N–H and O–H groups in total. The van der Waals surface area contributed by atoms with Crippen molar-refractivity contribution in [2.24, 2.45) is 5.73 Å². The summed E-state index contributed by atoms with van der Waals surface area (Å²) in [5.41, 5.74) is 11.1. The van der Waals surface area contributed by atoms with E-state index in [1.807, 2.05) is 24.3 Å². The van der Waals surface area contributed by atoms with E-state index in [0.29, 0.717) is 54.0 Å². The van der Waals surface area contributed by atoms with Crippen LogP contribution < -0.4 is 16.4 Å². The number of aryl methyl sites for hydroxylation is 2. The number of amides is 2. The molecule has 0 atom stereocenters. The zero-order valence-electron chi connectivity index (χ0n) is 20.6. The van der Waals surface area contributed by atoms with Gasteiger partial charge in [0.05, 0.1) is 12.6 Å². The van der Waals surface area contributed by atoms with Crippen molar-refractivity contribution in [1.29, 1.82) is 0 Å². The number of hydrogen-bond acceptors (Lipinski definition) is 7. The van der Waals surface area contributed by atoms with Gasteiger partial charge in [0.25, 0.3) is 5.91 Å². The molecular formula is C28H26FN7O2. The lowest BCUT2D eigenvalue weighted by Crippen LogP contribution is -2.19. The molecule has 6 rings (SSSR count). The first-order valence-electron chi connectivity index (χ1n) is 12.6. The molecule has 38 heavy (non-hydrogen) atoms. The van der Waals surface area contributed by atoms with E-state index in [-0.39, 0.29) is 18.1 Å².